The number of amides is 1. The zero-order chi connectivity index (χ0) is 34.0. The highest BCUT2D eigenvalue weighted by Crippen LogP contribution is 2.51. The molecule has 10 nitrogen and oxygen atoms in total. The smallest absolute Gasteiger partial charge is 0.416 e. The van der Waals surface area contributed by atoms with Gasteiger partial charge in [0.1, 0.15) is 11.1 Å². The Kier molecular flexibility index (Phi) is 10.6. The summed E-state index contributed by atoms with van der Waals surface area (Å²) in [6, 6.07) is 8.37. The van der Waals surface area contributed by atoms with Crippen molar-refractivity contribution < 1.29 is 50.6 Å². The fourth-order valence-electron chi connectivity index (χ4n) is 5.83. The number of nitrogens with zero attached hydrogens (tertiary/aromatic N) is 1. The Morgan fingerprint density at radius 3 is 2.09 bits per heavy atom. The largest absolute Gasteiger partial charge is 0.480 e. The van der Waals surface area contributed by atoms with Crippen molar-refractivity contribution in [3.63, 3.8) is 0 Å². The number of hydrogen-bond donors (Lipinski definition) is 2. The number of alkyl carbamates (subject to hydrolysis) is 1. The third-order valence-corrected chi connectivity index (χ3v) is 9.78. The van der Waals surface area contributed by atoms with E-state index in [0.717, 1.165) is 34.1 Å². The van der Waals surface area contributed by atoms with Gasteiger partial charge in [-0.1, -0.05) is 36.8 Å². The van der Waals surface area contributed by atoms with Crippen LogP contribution >= 0.6 is 0 Å². The van der Waals surface area contributed by atoms with Crippen LogP contribution in [-0.4, -0.2) is 60.2 Å². The predicted octanol–water partition coefficient (Wildman–Crippen LogP) is 5.70. The van der Waals surface area contributed by atoms with E-state index in [0.29, 0.717) is 0 Å². The van der Waals surface area contributed by atoms with Gasteiger partial charge in [0.25, 0.3) is 0 Å². The number of hydrogen-bond acceptors (Lipinski definition) is 7. The fourth-order valence-corrected chi connectivity index (χ4v) is 7.71. The summed E-state index contributed by atoms with van der Waals surface area (Å²) in [5.41, 5.74) is -3.26. The lowest BCUT2D eigenvalue weighted by atomic mass is 9.72. The molecular formula is C31H39F3N2O8S. The molecule has 1 amide bonds. The molecule has 4 atom stereocenters. The van der Waals surface area contributed by atoms with Gasteiger partial charge in [-0.2, -0.15) is 17.5 Å². The van der Waals surface area contributed by atoms with Gasteiger partial charge in [-0.05, 0) is 70.9 Å². The molecule has 0 bridgehead atoms. The lowest BCUT2D eigenvalue weighted by molar-refractivity contribution is -0.153. The van der Waals surface area contributed by atoms with Crippen molar-refractivity contribution in [2.75, 3.05) is 13.2 Å². The number of alkyl halides is 3. The fraction of sp³-hybridized carbons (Fsp3) is 0.516. The molecule has 0 unspecified atom stereocenters. The summed E-state index contributed by atoms with van der Waals surface area (Å²) in [6.07, 6.45) is -6.46. The van der Waals surface area contributed by atoms with E-state index in [4.69, 9.17) is 9.47 Å². The van der Waals surface area contributed by atoms with Gasteiger partial charge in [0.2, 0.25) is 10.0 Å². The third-order valence-electron chi connectivity index (χ3n) is 7.86. The molecule has 0 radical (unpaired) electrons. The van der Waals surface area contributed by atoms with Crippen LogP contribution < -0.4 is 5.32 Å². The van der Waals surface area contributed by atoms with Crippen LogP contribution in [0.2, 0.25) is 0 Å². The molecule has 0 spiro atoms. The van der Waals surface area contributed by atoms with Gasteiger partial charge < -0.3 is 19.9 Å². The first-order chi connectivity index (χ1) is 20.8. The molecule has 1 saturated heterocycles. The molecule has 0 aromatic heterocycles. The van der Waals surface area contributed by atoms with Crippen LogP contribution in [0.4, 0.5) is 18.0 Å². The maximum absolute atomic E-state index is 14.2. The normalized spacial score (nSPS) is 21.6. The number of ether oxygens (including phenoxy) is 2. The van der Waals surface area contributed by atoms with Crippen LogP contribution in [0, 0.1) is 18.8 Å². The Hall–Kier alpha value is -3.65. The number of carbonyl (C=O) groups excluding carboxylic acids is 2. The number of carboxylic acid groups (broad SMARTS) is 1. The minimum absolute atomic E-state index is 0.0354. The van der Waals surface area contributed by atoms with E-state index in [1.165, 1.54) is 19.1 Å². The van der Waals surface area contributed by atoms with E-state index < -0.39 is 81.8 Å². The molecule has 0 aliphatic carbocycles. The van der Waals surface area contributed by atoms with Crippen molar-refractivity contribution in [2.45, 2.75) is 82.6 Å². The van der Waals surface area contributed by atoms with E-state index in [1.54, 1.807) is 46.8 Å². The number of halogens is 3. The molecule has 1 aliphatic rings. The Morgan fingerprint density at radius 1 is 1.04 bits per heavy atom. The van der Waals surface area contributed by atoms with E-state index in [1.807, 2.05) is 0 Å². The standard InChI is InChI=1S/C31H39F3N2O8S/c1-7-30(27(38)39)24(17-25(37)43-8-2)23(18-36(30)45(41,42)22-15-9-19(3)10-16-22)26(35-28(40)44-29(4,5)6)20-11-13-21(14-12-20)31(32,33)34/h9-16,23-24,26H,7-8,17-18H2,1-6H3,(H,35,40)(H,38,39)/t23-,24+,26-,30-/m0/s1. The third kappa shape index (κ3) is 7.78. The first-order valence-corrected chi connectivity index (χ1v) is 15.9. The maximum atomic E-state index is 14.2. The van der Waals surface area contributed by atoms with E-state index >= 15 is 0 Å². The van der Waals surface area contributed by atoms with Crippen LogP contribution in [0.5, 0.6) is 0 Å². The zero-order valence-corrected chi connectivity index (χ0v) is 26.8. The summed E-state index contributed by atoms with van der Waals surface area (Å²) in [5.74, 6) is -4.75. The molecule has 45 heavy (non-hydrogen) atoms. The minimum Gasteiger partial charge on any atom is -0.480 e. The topological polar surface area (TPSA) is 139 Å². The summed E-state index contributed by atoms with van der Waals surface area (Å²) in [5, 5.41) is 13.4. The molecule has 248 valence electrons. The maximum Gasteiger partial charge on any atom is 0.416 e. The molecule has 1 fully saturated rings. The lowest BCUT2D eigenvalue weighted by Gasteiger charge is -2.38. The average Bonchev–Trinajstić information content (AvgIpc) is 3.26. The van der Waals surface area contributed by atoms with Gasteiger partial charge in [0.15, 0.2) is 0 Å². The van der Waals surface area contributed by atoms with E-state index in [-0.39, 0.29) is 23.5 Å². The van der Waals surface area contributed by atoms with Crippen LogP contribution in [0.25, 0.3) is 0 Å². The molecule has 14 heteroatoms. The molecule has 2 aromatic carbocycles. The van der Waals surface area contributed by atoms with E-state index in [2.05, 4.69) is 5.32 Å². The summed E-state index contributed by atoms with van der Waals surface area (Å²) >= 11 is 0. The van der Waals surface area contributed by atoms with E-state index in [9.17, 15) is 41.1 Å². The second-order valence-electron chi connectivity index (χ2n) is 12.0. The second-order valence-corrected chi connectivity index (χ2v) is 13.8. The van der Waals surface area contributed by atoms with Crippen molar-refractivity contribution in [3.8, 4) is 0 Å². The van der Waals surface area contributed by atoms with Crippen molar-refractivity contribution in [1.82, 2.24) is 9.62 Å². The molecule has 2 N–H and O–H groups in total. The molecule has 1 aliphatic heterocycles. The number of aliphatic carboxylic acids is 1. The predicted molar refractivity (Wildman–Crippen MR) is 158 cm³/mol. The zero-order valence-electron chi connectivity index (χ0n) is 26.0. The Bertz CT molecular complexity index is 1490. The number of rotatable bonds is 10. The van der Waals surface area contributed by atoms with Crippen molar-refractivity contribution in [3.05, 3.63) is 65.2 Å². The second kappa shape index (κ2) is 13.4. The number of nitrogens with one attached hydrogen (secondary N) is 1. The van der Waals surface area contributed by atoms with Gasteiger partial charge in [-0.15, -0.1) is 0 Å². The van der Waals surface area contributed by atoms with Crippen molar-refractivity contribution >= 4 is 28.1 Å². The summed E-state index contributed by atoms with van der Waals surface area (Å²) < 4.78 is 80.0. The first-order valence-electron chi connectivity index (χ1n) is 14.4. The number of aryl methyl sites for hydroxylation is 1. The number of benzene rings is 2. The van der Waals surface area contributed by atoms with Crippen molar-refractivity contribution in [1.29, 1.82) is 0 Å². The molecular weight excluding hydrogens is 617 g/mol. The first kappa shape index (κ1) is 35.8. The highest BCUT2D eigenvalue weighted by atomic mass is 32.2. The van der Waals surface area contributed by atoms with Crippen LogP contribution in [-0.2, 0) is 35.3 Å². The SMILES string of the molecule is CCOC(=O)C[C@@H]1[C@@H]([C@@H](NC(=O)OC(C)(C)C)c2ccc(C(F)(F)F)cc2)CN(S(=O)(=O)c2ccc(C)cc2)[C@]1(CC)C(=O)O. The average molecular weight is 657 g/mol. The molecule has 1 heterocycles. The van der Waals surface area contributed by atoms with Gasteiger partial charge in [-0.3, -0.25) is 9.59 Å². The van der Waals surface area contributed by atoms with Gasteiger partial charge >= 0.3 is 24.2 Å². The van der Waals surface area contributed by atoms with Crippen LogP contribution in [0.15, 0.2) is 53.4 Å². The van der Waals surface area contributed by atoms with Crippen molar-refractivity contribution in [2.24, 2.45) is 11.8 Å². The number of sulfonamides is 1. The van der Waals surface area contributed by atoms with Gasteiger partial charge in [0.05, 0.1) is 29.5 Å². The summed E-state index contributed by atoms with van der Waals surface area (Å²) in [7, 11) is -4.53. The Morgan fingerprint density at radius 2 is 1.62 bits per heavy atom. The number of esters is 1. The lowest BCUT2D eigenvalue weighted by Crippen LogP contribution is -2.56. The molecule has 2 aromatic rings. The Balaban J connectivity index is 2.28. The number of carboxylic acids is 1. The number of carbonyl (C=O) groups is 3. The monoisotopic (exact) mass is 656 g/mol. The Labute approximate surface area is 260 Å². The highest BCUT2D eigenvalue weighted by Gasteiger charge is 2.64. The quantitative estimate of drug-likeness (QED) is 0.311. The van der Waals surface area contributed by atoms with Gasteiger partial charge in [-0.25, -0.2) is 13.2 Å². The van der Waals surface area contributed by atoms with Gasteiger partial charge in [0, 0.05) is 18.4 Å². The van der Waals surface area contributed by atoms with Crippen LogP contribution in [0.3, 0.4) is 0 Å². The summed E-state index contributed by atoms with van der Waals surface area (Å²) in [6.45, 7) is 9.04. The molecule has 0 saturated carbocycles. The molecule has 3 rings (SSSR count). The summed E-state index contributed by atoms with van der Waals surface area (Å²) in [4.78, 5) is 39.1. The highest BCUT2D eigenvalue weighted by molar-refractivity contribution is 7.89. The minimum atomic E-state index is -4.66. The van der Waals surface area contributed by atoms with Crippen LogP contribution in [0.1, 0.15) is 70.2 Å².